The largest absolute Gasteiger partial charge is 0.491 e. The Bertz CT molecular complexity index is 584. The fourth-order valence-electron chi connectivity index (χ4n) is 3.30. The number of anilines is 1. The highest BCUT2D eigenvalue weighted by Crippen LogP contribution is 2.33. The number of primary amides is 1. The van der Waals surface area contributed by atoms with Crippen molar-refractivity contribution in [2.45, 2.75) is 31.7 Å². The molecule has 23 heavy (non-hydrogen) atoms. The summed E-state index contributed by atoms with van der Waals surface area (Å²) < 4.78 is 5.71. The van der Waals surface area contributed by atoms with Gasteiger partial charge in [0, 0.05) is 19.5 Å². The highest BCUT2D eigenvalue weighted by Gasteiger charge is 2.31. The Labute approximate surface area is 136 Å². The van der Waals surface area contributed by atoms with Crippen molar-refractivity contribution in [1.29, 1.82) is 0 Å². The van der Waals surface area contributed by atoms with Crippen LogP contribution in [0, 0.1) is 0 Å². The van der Waals surface area contributed by atoms with Crippen LogP contribution >= 0.6 is 0 Å². The molecule has 0 aromatic heterocycles. The van der Waals surface area contributed by atoms with Crippen LogP contribution in [0.1, 0.15) is 25.7 Å². The van der Waals surface area contributed by atoms with Crippen molar-refractivity contribution >= 4 is 17.5 Å². The second-order valence-electron chi connectivity index (χ2n) is 6.09. The highest BCUT2D eigenvalue weighted by atomic mass is 16.5. The zero-order chi connectivity index (χ0) is 16.2. The molecule has 2 amide bonds. The maximum atomic E-state index is 12.6. The quantitative estimate of drug-likeness (QED) is 0.907. The molecule has 1 unspecified atom stereocenters. The molecule has 0 saturated carbocycles. The molecular formula is C17H23N3O3. The van der Waals surface area contributed by atoms with Crippen molar-refractivity contribution in [3.8, 4) is 5.75 Å². The van der Waals surface area contributed by atoms with E-state index < -0.39 is 11.9 Å². The Balaban J connectivity index is 1.85. The van der Waals surface area contributed by atoms with E-state index in [1.165, 1.54) is 6.42 Å². The summed E-state index contributed by atoms with van der Waals surface area (Å²) in [4.78, 5) is 28.2. The minimum atomic E-state index is -0.521. The Morgan fingerprint density at radius 2 is 1.91 bits per heavy atom. The van der Waals surface area contributed by atoms with Gasteiger partial charge in [0.15, 0.2) is 0 Å². The van der Waals surface area contributed by atoms with E-state index in [-0.39, 0.29) is 12.5 Å². The summed E-state index contributed by atoms with van der Waals surface area (Å²) in [5.41, 5.74) is 6.34. The third kappa shape index (κ3) is 3.41. The first-order valence-electron chi connectivity index (χ1n) is 8.22. The maximum absolute atomic E-state index is 12.6. The lowest BCUT2D eigenvalue weighted by Crippen LogP contribution is -2.50. The summed E-state index contributed by atoms with van der Waals surface area (Å²) in [6.07, 6.45) is 3.75. The number of piperidine rings is 1. The van der Waals surface area contributed by atoms with Gasteiger partial charge in [0.25, 0.3) is 0 Å². The molecule has 0 spiro atoms. The second-order valence-corrected chi connectivity index (χ2v) is 6.09. The Morgan fingerprint density at radius 3 is 2.65 bits per heavy atom. The number of para-hydroxylation sites is 2. The standard InChI is InChI=1S/C17H23N3O3/c18-17(22)14-8-11-23-15-7-3-2-6-13(15)20(14)12-16(21)19-9-4-1-5-10-19/h2-3,6-7,14H,1,4-5,8-12H2,(H2,18,22). The van der Waals surface area contributed by atoms with E-state index in [2.05, 4.69) is 0 Å². The summed E-state index contributed by atoms with van der Waals surface area (Å²) in [5.74, 6) is 0.326. The van der Waals surface area contributed by atoms with Crippen LogP contribution in [0.5, 0.6) is 5.75 Å². The van der Waals surface area contributed by atoms with E-state index >= 15 is 0 Å². The smallest absolute Gasteiger partial charge is 0.242 e. The van der Waals surface area contributed by atoms with Crippen LogP contribution < -0.4 is 15.4 Å². The van der Waals surface area contributed by atoms with Gasteiger partial charge in [0.2, 0.25) is 11.8 Å². The SMILES string of the molecule is NC(=O)C1CCOc2ccccc2N1CC(=O)N1CCCCC1. The van der Waals surface area contributed by atoms with Crippen molar-refractivity contribution in [2.75, 3.05) is 31.1 Å². The summed E-state index contributed by atoms with van der Waals surface area (Å²) in [6, 6.07) is 6.97. The third-order valence-corrected chi connectivity index (χ3v) is 4.54. The number of hydrogen-bond donors (Lipinski definition) is 1. The van der Waals surface area contributed by atoms with Crippen molar-refractivity contribution < 1.29 is 14.3 Å². The molecule has 2 aliphatic heterocycles. The molecule has 0 aliphatic carbocycles. The molecule has 2 aliphatic rings. The van der Waals surface area contributed by atoms with Gasteiger partial charge in [-0.15, -0.1) is 0 Å². The molecule has 1 fully saturated rings. The number of rotatable bonds is 3. The monoisotopic (exact) mass is 317 g/mol. The molecule has 2 N–H and O–H groups in total. The van der Waals surface area contributed by atoms with Gasteiger partial charge in [0.05, 0.1) is 18.8 Å². The van der Waals surface area contributed by atoms with Crippen molar-refractivity contribution in [3.05, 3.63) is 24.3 Å². The number of ether oxygens (including phenoxy) is 1. The van der Waals surface area contributed by atoms with Crippen molar-refractivity contribution in [1.82, 2.24) is 4.90 Å². The number of carbonyl (C=O) groups excluding carboxylic acids is 2. The average molecular weight is 317 g/mol. The number of nitrogens with two attached hydrogens (primary N) is 1. The van der Waals surface area contributed by atoms with Crippen LogP contribution in [-0.4, -0.2) is 49.0 Å². The van der Waals surface area contributed by atoms with E-state index in [1.807, 2.05) is 34.1 Å². The Kier molecular flexibility index (Phi) is 4.69. The number of benzene rings is 1. The molecule has 1 aromatic rings. The molecule has 1 aromatic carbocycles. The summed E-state index contributed by atoms with van der Waals surface area (Å²) >= 11 is 0. The van der Waals surface area contributed by atoms with E-state index in [0.717, 1.165) is 31.6 Å². The zero-order valence-corrected chi connectivity index (χ0v) is 13.2. The van der Waals surface area contributed by atoms with Crippen LogP contribution in [-0.2, 0) is 9.59 Å². The molecule has 1 atom stereocenters. The normalized spacial score (nSPS) is 21.1. The molecule has 1 saturated heterocycles. The zero-order valence-electron chi connectivity index (χ0n) is 13.2. The molecule has 6 nitrogen and oxygen atoms in total. The van der Waals surface area contributed by atoms with Crippen LogP contribution in [0.4, 0.5) is 5.69 Å². The number of fused-ring (bicyclic) bond motifs is 1. The fourth-order valence-corrected chi connectivity index (χ4v) is 3.30. The van der Waals surface area contributed by atoms with Crippen LogP contribution in [0.3, 0.4) is 0 Å². The lowest BCUT2D eigenvalue weighted by atomic mass is 10.1. The minimum Gasteiger partial charge on any atom is -0.491 e. The van der Waals surface area contributed by atoms with Gasteiger partial charge in [0.1, 0.15) is 11.8 Å². The van der Waals surface area contributed by atoms with Gasteiger partial charge in [-0.05, 0) is 31.4 Å². The third-order valence-electron chi connectivity index (χ3n) is 4.54. The number of nitrogens with zero attached hydrogens (tertiary/aromatic N) is 2. The Hall–Kier alpha value is -2.24. The summed E-state index contributed by atoms with van der Waals surface area (Å²) in [6.45, 7) is 2.17. The van der Waals surface area contributed by atoms with Gasteiger partial charge in [-0.3, -0.25) is 9.59 Å². The predicted octanol–water partition coefficient (Wildman–Crippen LogP) is 1.14. The molecule has 124 valence electrons. The molecule has 2 heterocycles. The summed E-state index contributed by atoms with van der Waals surface area (Å²) in [7, 11) is 0. The van der Waals surface area contributed by atoms with Crippen LogP contribution in [0.2, 0.25) is 0 Å². The van der Waals surface area contributed by atoms with E-state index in [9.17, 15) is 9.59 Å². The van der Waals surface area contributed by atoms with Gasteiger partial charge in [-0.25, -0.2) is 0 Å². The number of carbonyl (C=O) groups is 2. The number of likely N-dealkylation sites (tertiary alicyclic amines) is 1. The first kappa shape index (κ1) is 15.6. The summed E-state index contributed by atoms with van der Waals surface area (Å²) in [5, 5.41) is 0. The topological polar surface area (TPSA) is 75.9 Å². The number of hydrogen-bond acceptors (Lipinski definition) is 4. The molecule has 0 bridgehead atoms. The van der Waals surface area contributed by atoms with Crippen molar-refractivity contribution in [2.24, 2.45) is 5.73 Å². The highest BCUT2D eigenvalue weighted by molar-refractivity contribution is 5.89. The Morgan fingerprint density at radius 1 is 1.17 bits per heavy atom. The lowest BCUT2D eigenvalue weighted by molar-refractivity contribution is -0.130. The van der Waals surface area contributed by atoms with Crippen LogP contribution in [0.15, 0.2) is 24.3 Å². The van der Waals surface area contributed by atoms with Gasteiger partial charge >= 0.3 is 0 Å². The second kappa shape index (κ2) is 6.89. The minimum absolute atomic E-state index is 0.0488. The number of amides is 2. The van der Waals surface area contributed by atoms with Crippen molar-refractivity contribution in [3.63, 3.8) is 0 Å². The van der Waals surface area contributed by atoms with E-state index in [1.54, 1.807) is 0 Å². The maximum Gasteiger partial charge on any atom is 0.242 e. The molecule has 6 heteroatoms. The lowest BCUT2D eigenvalue weighted by Gasteiger charge is -2.33. The molecular weight excluding hydrogens is 294 g/mol. The predicted molar refractivity (Wildman–Crippen MR) is 87.3 cm³/mol. The van der Waals surface area contributed by atoms with Crippen LogP contribution in [0.25, 0.3) is 0 Å². The molecule has 3 rings (SSSR count). The van der Waals surface area contributed by atoms with Gasteiger partial charge < -0.3 is 20.3 Å². The van der Waals surface area contributed by atoms with E-state index in [0.29, 0.717) is 18.8 Å². The first-order chi connectivity index (χ1) is 11.2. The van der Waals surface area contributed by atoms with Gasteiger partial charge in [-0.2, -0.15) is 0 Å². The average Bonchev–Trinajstić information content (AvgIpc) is 2.75. The fraction of sp³-hybridized carbons (Fsp3) is 0.529. The molecule has 0 radical (unpaired) electrons. The van der Waals surface area contributed by atoms with E-state index in [4.69, 9.17) is 10.5 Å². The van der Waals surface area contributed by atoms with Gasteiger partial charge in [-0.1, -0.05) is 12.1 Å². The first-order valence-corrected chi connectivity index (χ1v) is 8.22.